The summed E-state index contributed by atoms with van der Waals surface area (Å²) >= 11 is 0. The van der Waals surface area contributed by atoms with Crippen molar-refractivity contribution in [3.8, 4) is 47.4 Å². The van der Waals surface area contributed by atoms with E-state index in [0.717, 1.165) is 12.8 Å². The maximum atomic E-state index is 2.95. The lowest BCUT2D eigenvalue weighted by Gasteiger charge is -1.80. The van der Waals surface area contributed by atoms with E-state index in [4.69, 9.17) is 0 Å². The molecule has 0 atom stereocenters. The third-order valence-corrected chi connectivity index (χ3v) is 1.18. The summed E-state index contributed by atoms with van der Waals surface area (Å²) in [6, 6.07) is 0. The van der Waals surface area contributed by atoms with Gasteiger partial charge >= 0.3 is 0 Å². The summed E-state index contributed by atoms with van der Waals surface area (Å²) in [5.74, 6) is 21.4. The summed E-state index contributed by atoms with van der Waals surface area (Å²) in [4.78, 5) is 0. The van der Waals surface area contributed by atoms with Crippen molar-refractivity contribution < 1.29 is 0 Å². The average Bonchev–Trinajstić information content (AvgIpc) is 2.16. The van der Waals surface area contributed by atoms with Gasteiger partial charge in [-0.2, -0.15) is 0 Å². The molecule has 0 rings (SSSR count). The van der Waals surface area contributed by atoms with Gasteiger partial charge in [-0.05, 0) is 48.9 Å². The van der Waals surface area contributed by atoms with Crippen LogP contribution in [0.4, 0.5) is 0 Å². The molecule has 0 saturated carbocycles. The molecule has 0 heteroatoms. The van der Waals surface area contributed by atoms with Crippen LogP contribution in [0.2, 0.25) is 0 Å². The second-order valence-corrected chi connectivity index (χ2v) is 2.28. The molecule has 0 N–H and O–H groups in total. The van der Waals surface area contributed by atoms with Crippen LogP contribution in [0, 0.1) is 47.4 Å². The molecule has 0 amide bonds. The van der Waals surface area contributed by atoms with Crippen molar-refractivity contribution in [3.63, 3.8) is 0 Å². The molecule has 0 radical (unpaired) electrons. The van der Waals surface area contributed by atoms with Gasteiger partial charge in [0, 0.05) is 6.42 Å². The van der Waals surface area contributed by atoms with E-state index in [0.29, 0.717) is 0 Å². The van der Waals surface area contributed by atoms with Crippen molar-refractivity contribution >= 4 is 0 Å². The van der Waals surface area contributed by atoms with Gasteiger partial charge < -0.3 is 0 Å². The molecule has 0 aliphatic rings. The fraction of sp³-hybridized carbons (Fsp3) is 0.385. The minimum absolute atomic E-state index is 0.924. The fourth-order valence-electron chi connectivity index (χ4n) is 0.559. The number of hydrogen-bond acceptors (Lipinski definition) is 0. The molecule has 13 heavy (non-hydrogen) atoms. The minimum atomic E-state index is 0.924. The summed E-state index contributed by atoms with van der Waals surface area (Å²) in [5.41, 5.74) is 0. The Morgan fingerprint density at radius 2 is 1.46 bits per heavy atom. The second-order valence-electron chi connectivity index (χ2n) is 2.28. The van der Waals surface area contributed by atoms with E-state index in [1.165, 1.54) is 6.42 Å². The average molecular weight is 168 g/mol. The Hall–Kier alpha value is -1.76. The van der Waals surface area contributed by atoms with Crippen LogP contribution >= 0.6 is 0 Å². The third-order valence-electron chi connectivity index (χ3n) is 1.18. The second kappa shape index (κ2) is 10.2. The lowest BCUT2D eigenvalue weighted by atomic mass is 10.2. The van der Waals surface area contributed by atoms with Gasteiger partial charge in [-0.25, -0.2) is 0 Å². The molecule has 0 aromatic heterocycles. The molecule has 0 aliphatic carbocycles. The van der Waals surface area contributed by atoms with Crippen molar-refractivity contribution in [1.82, 2.24) is 0 Å². The Morgan fingerprint density at radius 3 is 2.08 bits per heavy atom. The smallest absolute Gasteiger partial charge is 0.00988 e. The van der Waals surface area contributed by atoms with Crippen LogP contribution in [0.15, 0.2) is 0 Å². The maximum absolute atomic E-state index is 2.95. The number of unbranched alkanes of at least 4 members (excludes halogenated alkanes) is 2. The van der Waals surface area contributed by atoms with E-state index in [-0.39, 0.29) is 0 Å². The van der Waals surface area contributed by atoms with Gasteiger partial charge in [0.15, 0.2) is 0 Å². The van der Waals surface area contributed by atoms with Gasteiger partial charge in [0.2, 0.25) is 0 Å². The fourth-order valence-corrected chi connectivity index (χ4v) is 0.559. The topological polar surface area (TPSA) is 0 Å². The highest BCUT2D eigenvalue weighted by molar-refractivity contribution is 5.39. The van der Waals surface area contributed by atoms with Gasteiger partial charge in [-0.1, -0.05) is 25.2 Å². The third kappa shape index (κ3) is 10.2. The van der Waals surface area contributed by atoms with Crippen molar-refractivity contribution in [2.75, 3.05) is 0 Å². The molecule has 0 fully saturated rings. The summed E-state index contributed by atoms with van der Waals surface area (Å²) in [7, 11) is 0. The molecule has 0 nitrogen and oxygen atoms in total. The first-order valence-electron chi connectivity index (χ1n) is 4.31. The first-order valence-corrected chi connectivity index (χ1v) is 4.31. The van der Waals surface area contributed by atoms with E-state index in [9.17, 15) is 0 Å². The summed E-state index contributed by atoms with van der Waals surface area (Å²) in [5, 5.41) is 0. The molecular weight excluding hydrogens is 156 g/mol. The SMILES string of the molecule is CC#CC#CC#CC#CCCCC. The van der Waals surface area contributed by atoms with Crippen LogP contribution in [0.25, 0.3) is 0 Å². The minimum Gasteiger partial charge on any atom is -0.0925 e. The zero-order valence-corrected chi connectivity index (χ0v) is 8.12. The molecular formula is C13H12. The molecule has 0 aliphatic heterocycles. The van der Waals surface area contributed by atoms with Crippen LogP contribution in [0.1, 0.15) is 33.1 Å². The van der Waals surface area contributed by atoms with E-state index in [1.807, 2.05) is 0 Å². The molecule has 0 spiro atoms. The Morgan fingerprint density at radius 1 is 0.846 bits per heavy atom. The monoisotopic (exact) mass is 168 g/mol. The zero-order chi connectivity index (χ0) is 9.78. The molecule has 0 aromatic carbocycles. The highest BCUT2D eigenvalue weighted by Gasteiger charge is 1.73. The van der Waals surface area contributed by atoms with Crippen LogP contribution in [0.3, 0.4) is 0 Å². The summed E-state index contributed by atoms with van der Waals surface area (Å²) in [6.07, 6.45) is 3.24. The van der Waals surface area contributed by atoms with Crippen LogP contribution in [-0.2, 0) is 0 Å². The van der Waals surface area contributed by atoms with Crippen LogP contribution < -0.4 is 0 Å². The van der Waals surface area contributed by atoms with E-state index >= 15 is 0 Å². The van der Waals surface area contributed by atoms with Gasteiger partial charge in [0.1, 0.15) is 0 Å². The summed E-state index contributed by atoms with van der Waals surface area (Å²) < 4.78 is 0. The molecule has 0 aromatic rings. The Bertz CT molecular complexity index is 355. The van der Waals surface area contributed by atoms with E-state index in [1.54, 1.807) is 6.92 Å². The van der Waals surface area contributed by atoms with Gasteiger partial charge in [-0.3, -0.25) is 0 Å². The lowest BCUT2D eigenvalue weighted by Crippen LogP contribution is -1.65. The largest absolute Gasteiger partial charge is 0.0925 e. The normalized spacial score (nSPS) is 5.69. The highest BCUT2D eigenvalue weighted by atomic mass is 13.8. The standard InChI is InChI=1S/C13H12/c1-3-5-7-9-11-13-12-10-8-6-4-2/h3,5,7H2,1-2H3. The molecule has 64 valence electrons. The van der Waals surface area contributed by atoms with Crippen molar-refractivity contribution in [1.29, 1.82) is 0 Å². The van der Waals surface area contributed by atoms with Gasteiger partial charge in [0.05, 0.1) is 0 Å². The predicted octanol–water partition coefficient (Wildman–Crippen LogP) is 2.21. The Labute approximate surface area is 81.1 Å². The number of hydrogen-bond donors (Lipinski definition) is 0. The van der Waals surface area contributed by atoms with Crippen molar-refractivity contribution in [3.05, 3.63) is 0 Å². The summed E-state index contributed by atoms with van der Waals surface area (Å²) in [6.45, 7) is 3.88. The van der Waals surface area contributed by atoms with Gasteiger partial charge in [-0.15, -0.1) is 0 Å². The molecule has 0 unspecified atom stereocenters. The van der Waals surface area contributed by atoms with Crippen LogP contribution in [0.5, 0.6) is 0 Å². The first-order chi connectivity index (χ1) is 6.41. The van der Waals surface area contributed by atoms with Crippen LogP contribution in [-0.4, -0.2) is 0 Å². The number of rotatable bonds is 2. The molecule has 0 saturated heterocycles. The van der Waals surface area contributed by atoms with E-state index < -0.39 is 0 Å². The Kier molecular flexibility index (Phi) is 8.85. The lowest BCUT2D eigenvalue weighted by molar-refractivity contribution is 0.828. The quantitative estimate of drug-likeness (QED) is 0.438. The van der Waals surface area contributed by atoms with Crippen molar-refractivity contribution in [2.45, 2.75) is 33.1 Å². The molecule has 0 heterocycles. The van der Waals surface area contributed by atoms with Crippen molar-refractivity contribution in [2.24, 2.45) is 0 Å². The first kappa shape index (κ1) is 11.2. The zero-order valence-electron chi connectivity index (χ0n) is 8.12. The predicted molar refractivity (Wildman–Crippen MR) is 56.3 cm³/mol. The Balaban J connectivity index is 3.76. The highest BCUT2D eigenvalue weighted by Crippen LogP contribution is 1.89. The maximum Gasteiger partial charge on any atom is 0.00988 e. The molecule has 0 bridgehead atoms. The van der Waals surface area contributed by atoms with E-state index in [2.05, 4.69) is 54.3 Å². The van der Waals surface area contributed by atoms with Gasteiger partial charge in [0.25, 0.3) is 0 Å².